The maximum Gasteiger partial charge on any atom is 0.269 e. The van der Waals surface area contributed by atoms with Crippen molar-refractivity contribution in [3.63, 3.8) is 0 Å². The summed E-state index contributed by atoms with van der Waals surface area (Å²) < 4.78 is 9.99. The van der Waals surface area contributed by atoms with Gasteiger partial charge in [-0.05, 0) is 36.2 Å². The lowest BCUT2D eigenvalue weighted by Crippen LogP contribution is -2.29. The normalized spacial score (nSPS) is 10.2. The number of nitrogens with one attached hydrogen (secondary N) is 2. The summed E-state index contributed by atoms with van der Waals surface area (Å²) in [7, 11) is 3.18. The van der Waals surface area contributed by atoms with E-state index in [0.29, 0.717) is 31.7 Å². The van der Waals surface area contributed by atoms with Gasteiger partial charge in [0.15, 0.2) is 0 Å². The van der Waals surface area contributed by atoms with Gasteiger partial charge in [-0.1, -0.05) is 12.1 Å². The molecule has 138 valence electrons. The Labute approximate surface area is 152 Å². The van der Waals surface area contributed by atoms with E-state index in [4.69, 9.17) is 9.47 Å². The SMILES string of the molecule is COCCNC(=O)c1cc(C(=O)NCCc2ccc(OC)cc2)ccn1. The lowest BCUT2D eigenvalue weighted by Gasteiger charge is -2.08. The molecule has 7 nitrogen and oxygen atoms in total. The number of pyridine rings is 1. The van der Waals surface area contributed by atoms with E-state index in [1.165, 1.54) is 12.3 Å². The van der Waals surface area contributed by atoms with E-state index in [-0.39, 0.29) is 17.5 Å². The van der Waals surface area contributed by atoms with E-state index in [1.54, 1.807) is 20.3 Å². The van der Waals surface area contributed by atoms with Crippen LogP contribution in [0.15, 0.2) is 42.6 Å². The Balaban J connectivity index is 1.86. The maximum absolute atomic E-state index is 12.3. The molecule has 0 saturated carbocycles. The van der Waals surface area contributed by atoms with Crippen LogP contribution in [0.2, 0.25) is 0 Å². The van der Waals surface area contributed by atoms with Crippen molar-refractivity contribution in [2.45, 2.75) is 6.42 Å². The maximum atomic E-state index is 12.3. The molecule has 0 radical (unpaired) electrons. The summed E-state index contributed by atoms with van der Waals surface area (Å²) >= 11 is 0. The van der Waals surface area contributed by atoms with Gasteiger partial charge < -0.3 is 20.1 Å². The molecule has 1 aromatic carbocycles. The van der Waals surface area contributed by atoms with Crippen LogP contribution in [0.3, 0.4) is 0 Å². The number of hydrogen-bond acceptors (Lipinski definition) is 5. The number of rotatable bonds is 9. The predicted octanol–water partition coefficient (Wildman–Crippen LogP) is 1.44. The topological polar surface area (TPSA) is 89.5 Å². The molecule has 0 bridgehead atoms. The summed E-state index contributed by atoms with van der Waals surface area (Å²) in [5.41, 5.74) is 1.69. The Morgan fingerprint density at radius 2 is 1.73 bits per heavy atom. The number of benzene rings is 1. The van der Waals surface area contributed by atoms with Gasteiger partial charge in [0, 0.05) is 32.0 Å². The predicted molar refractivity (Wildman–Crippen MR) is 97.5 cm³/mol. The van der Waals surface area contributed by atoms with E-state index in [9.17, 15) is 9.59 Å². The van der Waals surface area contributed by atoms with Gasteiger partial charge in [-0.15, -0.1) is 0 Å². The number of carbonyl (C=O) groups excluding carboxylic acids is 2. The van der Waals surface area contributed by atoms with Crippen molar-refractivity contribution in [2.75, 3.05) is 33.9 Å². The third-order valence-electron chi connectivity index (χ3n) is 3.70. The summed E-state index contributed by atoms with van der Waals surface area (Å²) in [6.45, 7) is 1.29. The lowest BCUT2D eigenvalue weighted by molar-refractivity contribution is 0.0932. The van der Waals surface area contributed by atoms with Gasteiger partial charge in [0.2, 0.25) is 0 Å². The van der Waals surface area contributed by atoms with Gasteiger partial charge >= 0.3 is 0 Å². The first-order chi connectivity index (χ1) is 12.6. The van der Waals surface area contributed by atoms with Gasteiger partial charge in [0.05, 0.1) is 13.7 Å². The summed E-state index contributed by atoms with van der Waals surface area (Å²) in [4.78, 5) is 28.2. The highest BCUT2D eigenvalue weighted by molar-refractivity contribution is 5.98. The van der Waals surface area contributed by atoms with Crippen molar-refractivity contribution in [1.29, 1.82) is 0 Å². The smallest absolute Gasteiger partial charge is 0.269 e. The van der Waals surface area contributed by atoms with Crippen molar-refractivity contribution in [3.8, 4) is 5.75 Å². The van der Waals surface area contributed by atoms with Gasteiger partial charge in [-0.2, -0.15) is 0 Å². The molecule has 1 heterocycles. The highest BCUT2D eigenvalue weighted by Gasteiger charge is 2.11. The zero-order chi connectivity index (χ0) is 18.8. The molecule has 7 heteroatoms. The molecule has 2 N–H and O–H groups in total. The van der Waals surface area contributed by atoms with Crippen molar-refractivity contribution in [1.82, 2.24) is 15.6 Å². The van der Waals surface area contributed by atoms with Crippen molar-refractivity contribution >= 4 is 11.8 Å². The molecule has 0 aliphatic carbocycles. The van der Waals surface area contributed by atoms with Crippen LogP contribution in [-0.2, 0) is 11.2 Å². The fourth-order valence-electron chi connectivity index (χ4n) is 2.27. The van der Waals surface area contributed by atoms with Gasteiger partial charge in [-0.25, -0.2) is 0 Å². The largest absolute Gasteiger partial charge is 0.497 e. The molecule has 0 atom stereocenters. The van der Waals surface area contributed by atoms with Gasteiger partial charge in [-0.3, -0.25) is 14.6 Å². The van der Waals surface area contributed by atoms with Crippen molar-refractivity contribution < 1.29 is 19.1 Å². The number of amides is 2. The minimum absolute atomic E-state index is 0.198. The average molecular weight is 357 g/mol. The molecule has 1 aromatic heterocycles. The van der Waals surface area contributed by atoms with Crippen LogP contribution in [0.5, 0.6) is 5.75 Å². The minimum Gasteiger partial charge on any atom is -0.497 e. The van der Waals surface area contributed by atoms with E-state index < -0.39 is 0 Å². The van der Waals surface area contributed by atoms with Crippen LogP contribution in [0, 0.1) is 0 Å². The fourth-order valence-corrected chi connectivity index (χ4v) is 2.27. The number of methoxy groups -OCH3 is 2. The Hall–Kier alpha value is -2.93. The fraction of sp³-hybridized carbons (Fsp3) is 0.316. The second kappa shape index (κ2) is 10.1. The number of nitrogens with zero attached hydrogens (tertiary/aromatic N) is 1. The zero-order valence-electron chi connectivity index (χ0n) is 15.0. The number of carbonyl (C=O) groups is 2. The quantitative estimate of drug-likeness (QED) is 0.663. The van der Waals surface area contributed by atoms with Crippen LogP contribution in [0.1, 0.15) is 26.4 Å². The Kier molecular flexibility index (Phi) is 7.57. The van der Waals surface area contributed by atoms with E-state index in [2.05, 4.69) is 15.6 Å². The molecule has 0 fully saturated rings. The number of hydrogen-bond donors (Lipinski definition) is 2. The van der Waals surface area contributed by atoms with Crippen LogP contribution in [0.25, 0.3) is 0 Å². The Morgan fingerprint density at radius 1 is 1.00 bits per heavy atom. The first-order valence-corrected chi connectivity index (χ1v) is 8.28. The first-order valence-electron chi connectivity index (χ1n) is 8.28. The van der Waals surface area contributed by atoms with Crippen molar-refractivity contribution in [2.24, 2.45) is 0 Å². The molecule has 2 amide bonds. The molecule has 0 saturated heterocycles. The summed E-state index contributed by atoms with van der Waals surface area (Å²) in [6.07, 6.45) is 2.15. The molecule has 0 unspecified atom stereocenters. The standard InChI is InChI=1S/C19H23N3O4/c1-25-12-11-22-19(24)17-13-15(8-10-20-17)18(23)21-9-7-14-3-5-16(26-2)6-4-14/h3-6,8,10,13H,7,9,11-12H2,1-2H3,(H,21,23)(H,22,24). The molecule has 0 aliphatic heterocycles. The van der Waals surface area contributed by atoms with Crippen LogP contribution >= 0.6 is 0 Å². The highest BCUT2D eigenvalue weighted by Crippen LogP contribution is 2.11. The number of aromatic nitrogens is 1. The molecule has 2 aromatic rings. The van der Waals surface area contributed by atoms with Gasteiger partial charge in [0.25, 0.3) is 11.8 Å². The Bertz CT molecular complexity index is 732. The molecule has 0 aliphatic rings. The Morgan fingerprint density at radius 3 is 2.42 bits per heavy atom. The number of ether oxygens (including phenoxy) is 2. The van der Waals surface area contributed by atoms with Gasteiger partial charge in [0.1, 0.15) is 11.4 Å². The van der Waals surface area contributed by atoms with Crippen molar-refractivity contribution in [3.05, 3.63) is 59.4 Å². The second-order valence-electron chi connectivity index (χ2n) is 5.53. The lowest BCUT2D eigenvalue weighted by atomic mass is 10.1. The minimum atomic E-state index is -0.338. The molecular weight excluding hydrogens is 334 g/mol. The monoisotopic (exact) mass is 357 g/mol. The third kappa shape index (κ3) is 5.86. The summed E-state index contributed by atoms with van der Waals surface area (Å²) in [5, 5.41) is 5.52. The van der Waals surface area contributed by atoms with E-state index >= 15 is 0 Å². The van der Waals surface area contributed by atoms with Crippen LogP contribution in [-0.4, -0.2) is 50.7 Å². The van der Waals surface area contributed by atoms with Crippen LogP contribution in [0.4, 0.5) is 0 Å². The van der Waals surface area contributed by atoms with E-state index in [1.807, 2.05) is 24.3 Å². The molecule has 0 spiro atoms. The van der Waals surface area contributed by atoms with Crippen LogP contribution < -0.4 is 15.4 Å². The zero-order valence-corrected chi connectivity index (χ0v) is 15.0. The average Bonchev–Trinajstić information content (AvgIpc) is 2.68. The first kappa shape index (κ1) is 19.4. The molecule has 2 rings (SSSR count). The summed E-state index contributed by atoms with van der Waals surface area (Å²) in [5.74, 6) is 0.215. The summed E-state index contributed by atoms with van der Waals surface area (Å²) in [6, 6.07) is 10.7. The molecule has 26 heavy (non-hydrogen) atoms. The second-order valence-corrected chi connectivity index (χ2v) is 5.53. The third-order valence-corrected chi connectivity index (χ3v) is 3.70. The molecular formula is C19H23N3O4. The van der Waals surface area contributed by atoms with E-state index in [0.717, 1.165) is 11.3 Å². The highest BCUT2D eigenvalue weighted by atomic mass is 16.5.